The maximum Gasteiger partial charge on any atom is 0.416 e. The van der Waals surface area contributed by atoms with Crippen LogP contribution in [0.25, 0.3) is 0 Å². The molecule has 0 aliphatic carbocycles. The second-order valence-electron chi connectivity index (χ2n) is 6.84. The highest BCUT2D eigenvalue weighted by atomic mass is 35.5. The van der Waals surface area contributed by atoms with Crippen LogP contribution in [0.1, 0.15) is 15.9 Å². The number of ether oxygens (including phenoxy) is 1. The number of nitro benzene ring substituents is 1. The van der Waals surface area contributed by atoms with Crippen LogP contribution in [0, 0.1) is 10.1 Å². The van der Waals surface area contributed by atoms with E-state index in [1.165, 1.54) is 12.1 Å². The molecule has 0 aromatic heterocycles. The molecule has 2 N–H and O–H groups in total. The fraction of sp³-hybridized carbons (Fsp3) is 0.0500. The molecule has 3 rings (SSSR count). The van der Waals surface area contributed by atoms with Crippen molar-refractivity contribution in [3.8, 4) is 11.5 Å². The molecule has 3 aromatic carbocycles. The third kappa shape index (κ3) is 6.69. The summed E-state index contributed by atoms with van der Waals surface area (Å²) in [5.74, 6) is -1.93. The number of nitrogens with one attached hydrogen (secondary N) is 2. The molecule has 0 aliphatic heterocycles. The largest absolute Gasteiger partial charge is 0.456 e. The van der Waals surface area contributed by atoms with Crippen molar-refractivity contribution in [3.63, 3.8) is 0 Å². The van der Waals surface area contributed by atoms with Gasteiger partial charge in [0.25, 0.3) is 11.6 Å². The van der Waals surface area contributed by atoms with Gasteiger partial charge in [-0.25, -0.2) is 4.72 Å². The van der Waals surface area contributed by atoms with Crippen LogP contribution in [-0.2, 0) is 16.4 Å². The zero-order chi connectivity index (χ0) is 26.8. The van der Waals surface area contributed by atoms with E-state index in [1.54, 1.807) is 4.72 Å². The van der Waals surface area contributed by atoms with E-state index >= 15 is 0 Å². The third-order valence-electron chi connectivity index (χ3n) is 4.30. The molecule has 36 heavy (non-hydrogen) atoms. The van der Waals surface area contributed by atoms with Gasteiger partial charge in [-0.05, 0) is 42.5 Å². The molecule has 3 aromatic rings. The Bertz CT molecular complexity index is 1470. The summed E-state index contributed by atoms with van der Waals surface area (Å²) in [6.45, 7) is 0. The number of carbonyl (C=O) groups excluding carboxylic acids is 1. The predicted octanol–water partition coefficient (Wildman–Crippen LogP) is 6.45. The van der Waals surface area contributed by atoms with Crippen LogP contribution >= 0.6 is 34.8 Å². The molecule has 0 aliphatic rings. The number of nitrogens with zero attached hydrogens (tertiary/aromatic N) is 1. The molecule has 9 nitrogen and oxygen atoms in total. The summed E-state index contributed by atoms with van der Waals surface area (Å²) < 4.78 is 72.2. The Hall–Kier alpha value is -3.26. The SMILES string of the molecule is O=C(NS(=O)(=O)Nc1cc(Cl)ccc1Cl)c1cc(Oc2ccc(C(F)(F)F)cc2Cl)ccc1[N+](=O)[O-]. The monoisotopic (exact) mass is 583 g/mol. The Morgan fingerprint density at radius 1 is 0.972 bits per heavy atom. The van der Waals surface area contributed by atoms with Crippen LogP contribution in [0.4, 0.5) is 24.5 Å². The van der Waals surface area contributed by atoms with E-state index in [2.05, 4.69) is 0 Å². The van der Waals surface area contributed by atoms with Gasteiger partial charge in [0.05, 0.1) is 26.2 Å². The lowest BCUT2D eigenvalue weighted by atomic mass is 10.1. The van der Waals surface area contributed by atoms with Crippen LogP contribution in [0.3, 0.4) is 0 Å². The summed E-state index contributed by atoms with van der Waals surface area (Å²) in [4.78, 5) is 23.1. The van der Waals surface area contributed by atoms with Gasteiger partial charge in [0.2, 0.25) is 0 Å². The summed E-state index contributed by atoms with van der Waals surface area (Å²) in [5.41, 5.74) is -2.73. The minimum absolute atomic E-state index is 0.0491. The van der Waals surface area contributed by atoms with Crippen molar-refractivity contribution in [3.05, 3.63) is 90.9 Å². The number of amides is 1. The highest BCUT2D eigenvalue weighted by molar-refractivity contribution is 7.91. The van der Waals surface area contributed by atoms with E-state index in [0.717, 1.165) is 30.3 Å². The summed E-state index contributed by atoms with van der Waals surface area (Å²) >= 11 is 17.5. The summed E-state index contributed by atoms with van der Waals surface area (Å²) in [6.07, 6.45) is -4.66. The zero-order valence-electron chi connectivity index (χ0n) is 17.3. The summed E-state index contributed by atoms with van der Waals surface area (Å²) in [7, 11) is -4.64. The smallest absolute Gasteiger partial charge is 0.416 e. The van der Waals surface area contributed by atoms with Gasteiger partial charge in [0, 0.05) is 17.2 Å². The minimum atomic E-state index is -4.66. The number of hydrogen-bond donors (Lipinski definition) is 2. The molecule has 0 unspecified atom stereocenters. The van der Waals surface area contributed by atoms with E-state index in [1.807, 2.05) is 4.72 Å². The molecule has 0 spiro atoms. The number of carbonyl (C=O) groups is 1. The van der Waals surface area contributed by atoms with Gasteiger partial charge in [-0.15, -0.1) is 0 Å². The Labute approximate surface area is 216 Å². The number of hydrogen-bond acceptors (Lipinski definition) is 6. The van der Waals surface area contributed by atoms with E-state index in [0.29, 0.717) is 12.1 Å². The number of benzene rings is 3. The average molecular weight is 585 g/mol. The van der Waals surface area contributed by atoms with E-state index in [9.17, 15) is 36.5 Å². The maximum absolute atomic E-state index is 12.8. The molecule has 190 valence electrons. The first kappa shape index (κ1) is 27.3. The molecule has 1 amide bonds. The normalized spacial score (nSPS) is 11.6. The lowest BCUT2D eigenvalue weighted by Gasteiger charge is -2.13. The second kappa shape index (κ2) is 10.4. The topological polar surface area (TPSA) is 128 Å². The van der Waals surface area contributed by atoms with Crippen molar-refractivity contribution in [1.29, 1.82) is 0 Å². The first-order chi connectivity index (χ1) is 16.7. The second-order valence-corrected chi connectivity index (χ2v) is 9.51. The molecule has 0 heterocycles. The number of nitro groups is 1. The molecule has 0 saturated carbocycles. The van der Waals surface area contributed by atoms with Gasteiger partial charge in [-0.1, -0.05) is 34.8 Å². The van der Waals surface area contributed by atoms with E-state index < -0.39 is 49.1 Å². The molecule has 0 bridgehead atoms. The Balaban J connectivity index is 1.89. The van der Waals surface area contributed by atoms with Gasteiger partial charge in [0.15, 0.2) is 0 Å². The van der Waals surface area contributed by atoms with Crippen LogP contribution < -0.4 is 14.2 Å². The predicted molar refractivity (Wildman–Crippen MR) is 126 cm³/mol. The Morgan fingerprint density at radius 3 is 2.28 bits per heavy atom. The fourth-order valence-corrected chi connectivity index (χ4v) is 4.21. The molecule has 0 atom stereocenters. The lowest BCUT2D eigenvalue weighted by molar-refractivity contribution is -0.385. The summed E-state index contributed by atoms with van der Waals surface area (Å²) in [5, 5.41) is 11.0. The Kier molecular flexibility index (Phi) is 7.88. The highest BCUT2D eigenvalue weighted by Crippen LogP contribution is 2.37. The van der Waals surface area contributed by atoms with Crippen molar-refractivity contribution >= 4 is 62.3 Å². The average Bonchev–Trinajstić information content (AvgIpc) is 2.76. The molecule has 0 fully saturated rings. The molecule has 0 radical (unpaired) electrons. The van der Waals surface area contributed by atoms with Crippen LogP contribution in [-0.4, -0.2) is 19.2 Å². The van der Waals surface area contributed by atoms with Crippen molar-refractivity contribution in [2.24, 2.45) is 0 Å². The molecule has 16 heteroatoms. The van der Waals surface area contributed by atoms with Gasteiger partial charge >= 0.3 is 16.4 Å². The Morgan fingerprint density at radius 2 is 1.67 bits per heavy atom. The van der Waals surface area contributed by atoms with Gasteiger partial charge < -0.3 is 4.74 Å². The number of alkyl halides is 3. The molecular weight excluding hydrogens is 574 g/mol. The van der Waals surface area contributed by atoms with E-state index in [4.69, 9.17) is 39.5 Å². The van der Waals surface area contributed by atoms with Crippen LogP contribution in [0.2, 0.25) is 15.1 Å². The highest BCUT2D eigenvalue weighted by Gasteiger charge is 2.31. The van der Waals surface area contributed by atoms with Crippen LogP contribution in [0.5, 0.6) is 11.5 Å². The van der Waals surface area contributed by atoms with E-state index in [-0.39, 0.29) is 27.2 Å². The quantitative estimate of drug-likeness (QED) is 0.243. The molecular formula is C20H11Cl3F3N3O6S. The summed E-state index contributed by atoms with van der Waals surface area (Å²) in [6, 6.07) is 8.77. The van der Waals surface area contributed by atoms with Gasteiger partial charge in [0.1, 0.15) is 17.1 Å². The van der Waals surface area contributed by atoms with Crippen molar-refractivity contribution in [2.75, 3.05) is 4.72 Å². The van der Waals surface area contributed by atoms with Crippen molar-refractivity contribution in [1.82, 2.24) is 4.72 Å². The van der Waals surface area contributed by atoms with Crippen LogP contribution in [0.15, 0.2) is 54.6 Å². The number of halogens is 6. The van der Waals surface area contributed by atoms with Crippen molar-refractivity contribution < 1.29 is 36.0 Å². The minimum Gasteiger partial charge on any atom is -0.456 e. The lowest BCUT2D eigenvalue weighted by Crippen LogP contribution is -2.35. The zero-order valence-corrected chi connectivity index (χ0v) is 20.4. The number of anilines is 1. The molecule has 0 saturated heterocycles. The van der Waals surface area contributed by atoms with Gasteiger partial charge in [-0.2, -0.15) is 21.6 Å². The van der Waals surface area contributed by atoms with Gasteiger partial charge in [-0.3, -0.25) is 19.6 Å². The standard InChI is InChI=1S/C20H11Cl3F3N3O6S/c21-11-2-4-14(22)16(8-11)27-36(33,34)28-19(30)13-9-12(3-5-17(13)29(31)32)35-18-6-1-10(7-15(18)23)20(24,25)26/h1-9,27H,(H,28,30). The number of rotatable bonds is 7. The fourth-order valence-electron chi connectivity index (χ4n) is 2.73. The first-order valence-corrected chi connectivity index (χ1v) is 11.9. The van der Waals surface area contributed by atoms with Crippen molar-refractivity contribution in [2.45, 2.75) is 6.18 Å². The third-order valence-corrected chi connectivity index (χ3v) is 6.10. The first-order valence-electron chi connectivity index (χ1n) is 9.29. The maximum atomic E-state index is 12.8.